The minimum atomic E-state index is -0.151. The van der Waals surface area contributed by atoms with Gasteiger partial charge in [0.2, 0.25) is 0 Å². The number of H-pyrrole nitrogens is 1. The summed E-state index contributed by atoms with van der Waals surface area (Å²) in [6.07, 6.45) is 3.79. The lowest BCUT2D eigenvalue weighted by Gasteiger charge is -2.40. The van der Waals surface area contributed by atoms with Crippen molar-refractivity contribution in [1.29, 1.82) is 0 Å². The van der Waals surface area contributed by atoms with E-state index in [1.807, 2.05) is 30.6 Å². The molecule has 0 radical (unpaired) electrons. The molecule has 1 fully saturated rings. The average molecular weight is 401 g/mol. The fourth-order valence-corrected chi connectivity index (χ4v) is 4.68. The van der Waals surface area contributed by atoms with E-state index in [-0.39, 0.29) is 11.9 Å². The first-order chi connectivity index (χ1) is 14.7. The van der Waals surface area contributed by atoms with Gasteiger partial charge in [0.1, 0.15) is 5.82 Å². The second-order valence-corrected chi connectivity index (χ2v) is 7.87. The van der Waals surface area contributed by atoms with Crippen LogP contribution in [0.3, 0.4) is 0 Å². The molecule has 30 heavy (non-hydrogen) atoms. The zero-order valence-electron chi connectivity index (χ0n) is 17.1. The van der Waals surface area contributed by atoms with Crippen LogP contribution in [0, 0.1) is 12.7 Å². The smallest absolute Gasteiger partial charge is 0.146 e. The lowest BCUT2D eigenvalue weighted by Crippen LogP contribution is -2.48. The first-order valence-electron chi connectivity index (χ1n) is 10.4. The summed E-state index contributed by atoms with van der Waals surface area (Å²) in [5, 5.41) is 1.25. The van der Waals surface area contributed by atoms with Gasteiger partial charge in [-0.25, -0.2) is 4.39 Å². The van der Waals surface area contributed by atoms with Gasteiger partial charge in [0.15, 0.2) is 0 Å². The molecule has 1 aliphatic rings. The highest BCUT2D eigenvalue weighted by Crippen LogP contribution is 2.36. The van der Waals surface area contributed by atoms with Crippen molar-refractivity contribution < 1.29 is 4.39 Å². The summed E-state index contributed by atoms with van der Waals surface area (Å²) in [4.78, 5) is 12.6. The molecular weight excluding hydrogens is 375 g/mol. The normalized spacial score (nSPS) is 16.1. The van der Waals surface area contributed by atoms with Crippen LogP contribution < -0.4 is 4.90 Å². The molecule has 1 saturated heterocycles. The number of pyridine rings is 1. The van der Waals surface area contributed by atoms with Crippen molar-refractivity contribution in [3.8, 4) is 0 Å². The molecule has 4 nitrogen and oxygen atoms in total. The number of hydrogen-bond acceptors (Lipinski definition) is 3. The van der Waals surface area contributed by atoms with Gasteiger partial charge in [-0.05, 0) is 36.8 Å². The van der Waals surface area contributed by atoms with Gasteiger partial charge in [0.05, 0.1) is 11.7 Å². The van der Waals surface area contributed by atoms with Crippen molar-refractivity contribution in [3.05, 3.63) is 95.7 Å². The Balaban J connectivity index is 1.50. The fourth-order valence-electron chi connectivity index (χ4n) is 4.68. The second-order valence-electron chi connectivity index (χ2n) is 7.87. The molecule has 4 aromatic rings. The molecule has 0 saturated carbocycles. The number of hydrogen-bond donors (Lipinski definition) is 1. The van der Waals surface area contributed by atoms with Crippen LogP contribution in [-0.2, 0) is 0 Å². The van der Waals surface area contributed by atoms with Gasteiger partial charge in [0, 0.05) is 60.7 Å². The number of piperazine rings is 1. The SMILES string of the molecule is Cc1[nH]c2ccccc2c1C(c1cccnc1)N1CCN(c2ccccc2F)CC1. The lowest BCUT2D eigenvalue weighted by molar-refractivity contribution is 0.212. The molecule has 3 heterocycles. The molecule has 0 bridgehead atoms. The summed E-state index contributed by atoms with van der Waals surface area (Å²) in [6, 6.07) is 19.8. The number of benzene rings is 2. The first kappa shape index (κ1) is 18.8. The minimum Gasteiger partial charge on any atom is -0.367 e. The van der Waals surface area contributed by atoms with Crippen LogP contribution in [0.15, 0.2) is 73.1 Å². The number of rotatable bonds is 4. The van der Waals surface area contributed by atoms with Crippen molar-refractivity contribution in [2.75, 3.05) is 31.1 Å². The minimum absolute atomic E-state index is 0.109. The Morgan fingerprint density at radius 3 is 2.47 bits per heavy atom. The van der Waals surface area contributed by atoms with E-state index in [0.29, 0.717) is 5.69 Å². The summed E-state index contributed by atoms with van der Waals surface area (Å²) in [5.74, 6) is -0.151. The van der Waals surface area contributed by atoms with Crippen LogP contribution in [0.25, 0.3) is 10.9 Å². The molecule has 1 atom stereocenters. The summed E-state index contributed by atoms with van der Waals surface area (Å²) in [5.41, 5.74) is 5.52. The van der Waals surface area contributed by atoms with E-state index in [4.69, 9.17) is 0 Å². The van der Waals surface area contributed by atoms with Gasteiger partial charge in [-0.1, -0.05) is 36.4 Å². The molecule has 0 spiro atoms. The molecular formula is C25H25FN4. The third-order valence-corrected chi connectivity index (χ3v) is 6.09. The second kappa shape index (κ2) is 7.92. The van der Waals surface area contributed by atoms with Gasteiger partial charge in [-0.3, -0.25) is 9.88 Å². The molecule has 2 aromatic heterocycles. The van der Waals surface area contributed by atoms with Crippen molar-refractivity contribution in [1.82, 2.24) is 14.9 Å². The van der Waals surface area contributed by atoms with Crippen LogP contribution in [0.4, 0.5) is 10.1 Å². The number of anilines is 1. The van der Waals surface area contributed by atoms with Gasteiger partial charge in [-0.2, -0.15) is 0 Å². The van der Waals surface area contributed by atoms with E-state index in [1.165, 1.54) is 28.3 Å². The van der Waals surface area contributed by atoms with E-state index in [1.54, 1.807) is 6.07 Å². The van der Waals surface area contributed by atoms with E-state index < -0.39 is 0 Å². The van der Waals surface area contributed by atoms with Crippen LogP contribution in [-0.4, -0.2) is 41.0 Å². The highest BCUT2D eigenvalue weighted by molar-refractivity contribution is 5.85. The van der Waals surface area contributed by atoms with Crippen molar-refractivity contribution >= 4 is 16.6 Å². The Hall–Kier alpha value is -3.18. The standard InChI is InChI=1S/C25H25FN4/c1-18-24(20-8-2-4-10-22(20)28-18)25(19-7-6-12-27-17-19)30-15-13-29(14-16-30)23-11-5-3-9-21(23)26/h2-12,17,25,28H,13-16H2,1H3. The maximum absolute atomic E-state index is 14.3. The number of aryl methyl sites for hydroxylation is 1. The molecule has 0 aliphatic carbocycles. The molecule has 1 aliphatic heterocycles. The summed E-state index contributed by atoms with van der Waals surface area (Å²) < 4.78 is 14.3. The number of fused-ring (bicyclic) bond motifs is 1. The fraction of sp³-hybridized carbons (Fsp3) is 0.240. The Labute approximate surface area is 176 Å². The highest BCUT2D eigenvalue weighted by atomic mass is 19.1. The van der Waals surface area contributed by atoms with Gasteiger partial charge >= 0.3 is 0 Å². The van der Waals surface area contributed by atoms with Crippen LogP contribution in [0.2, 0.25) is 0 Å². The van der Waals surface area contributed by atoms with E-state index in [0.717, 1.165) is 31.7 Å². The number of aromatic amines is 1. The number of aromatic nitrogens is 2. The molecule has 5 heteroatoms. The van der Waals surface area contributed by atoms with Crippen molar-refractivity contribution in [3.63, 3.8) is 0 Å². The molecule has 0 amide bonds. The number of nitrogens with one attached hydrogen (secondary N) is 1. The van der Waals surface area contributed by atoms with Crippen molar-refractivity contribution in [2.24, 2.45) is 0 Å². The zero-order chi connectivity index (χ0) is 20.5. The van der Waals surface area contributed by atoms with Crippen molar-refractivity contribution in [2.45, 2.75) is 13.0 Å². The monoisotopic (exact) mass is 400 g/mol. The van der Waals surface area contributed by atoms with Crippen LogP contribution >= 0.6 is 0 Å². The Bertz CT molecular complexity index is 1150. The lowest BCUT2D eigenvalue weighted by atomic mass is 9.95. The average Bonchev–Trinajstić information content (AvgIpc) is 3.11. The Kier molecular flexibility index (Phi) is 4.97. The number of para-hydroxylation sites is 2. The van der Waals surface area contributed by atoms with Crippen LogP contribution in [0.5, 0.6) is 0 Å². The quantitative estimate of drug-likeness (QED) is 0.528. The molecule has 5 rings (SSSR count). The molecule has 1 N–H and O–H groups in total. The third kappa shape index (κ3) is 3.35. The molecule has 1 unspecified atom stereocenters. The predicted molar refractivity (Wildman–Crippen MR) is 119 cm³/mol. The summed E-state index contributed by atoms with van der Waals surface area (Å²) >= 11 is 0. The largest absolute Gasteiger partial charge is 0.367 e. The van der Waals surface area contributed by atoms with Gasteiger partial charge in [0.25, 0.3) is 0 Å². The topological polar surface area (TPSA) is 35.2 Å². The summed E-state index contributed by atoms with van der Waals surface area (Å²) in [7, 11) is 0. The Morgan fingerprint density at radius 2 is 1.70 bits per heavy atom. The molecule has 152 valence electrons. The van der Waals surface area contributed by atoms with E-state index in [2.05, 4.69) is 57.0 Å². The van der Waals surface area contributed by atoms with Gasteiger partial charge < -0.3 is 9.88 Å². The maximum Gasteiger partial charge on any atom is 0.146 e. The van der Waals surface area contributed by atoms with Gasteiger partial charge in [-0.15, -0.1) is 0 Å². The highest BCUT2D eigenvalue weighted by Gasteiger charge is 2.30. The Morgan fingerprint density at radius 1 is 0.933 bits per heavy atom. The first-order valence-corrected chi connectivity index (χ1v) is 10.4. The number of nitrogens with zero attached hydrogens (tertiary/aromatic N) is 3. The maximum atomic E-state index is 14.3. The molecule has 2 aromatic carbocycles. The predicted octanol–water partition coefficient (Wildman–Crippen LogP) is 4.92. The third-order valence-electron chi connectivity index (χ3n) is 6.09. The zero-order valence-corrected chi connectivity index (χ0v) is 17.1. The summed E-state index contributed by atoms with van der Waals surface area (Å²) in [6.45, 7) is 5.44. The van der Waals surface area contributed by atoms with E-state index in [9.17, 15) is 4.39 Å². The van der Waals surface area contributed by atoms with Crippen LogP contribution in [0.1, 0.15) is 22.9 Å². The number of halogens is 1. The van der Waals surface area contributed by atoms with E-state index >= 15 is 0 Å².